The van der Waals surface area contributed by atoms with Gasteiger partial charge >= 0.3 is 6.09 Å². The Balaban J connectivity index is 2.19. The van der Waals surface area contributed by atoms with E-state index in [4.69, 9.17) is 0 Å². The average Bonchev–Trinajstić information content (AvgIpc) is 2.71. The number of hydrogen-bond acceptors (Lipinski definition) is 4. The zero-order valence-electron chi connectivity index (χ0n) is 17.9. The Morgan fingerprint density at radius 2 is 1.74 bits per heavy atom. The second kappa shape index (κ2) is 11.0. The molecule has 3 N–H and O–H groups in total. The molecule has 0 heterocycles. The summed E-state index contributed by atoms with van der Waals surface area (Å²) in [7, 11) is -3.78. The summed E-state index contributed by atoms with van der Waals surface area (Å²) in [5.41, 5.74) is 1.91. The molecule has 2 aromatic carbocycles. The molecule has 0 saturated carbocycles. The monoisotopic (exact) mass is 446 g/mol. The molecule has 0 saturated heterocycles. The second-order valence-electron chi connectivity index (χ2n) is 7.84. The first kappa shape index (κ1) is 24.4. The summed E-state index contributed by atoms with van der Waals surface area (Å²) < 4.78 is 27.7. The van der Waals surface area contributed by atoms with E-state index >= 15 is 0 Å². The van der Waals surface area contributed by atoms with Crippen LogP contribution in [0.25, 0.3) is 6.08 Å². The van der Waals surface area contributed by atoms with E-state index in [0.717, 1.165) is 11.1 Å². The Morgan fingerprint density at radius 1 is 1.13 bits per heavy atom. The van der Waals surface area contributed by atoms with E-state index < -0.39 is 22.2 Å². The lowest BCUT2D eigenvalue weighted by Crippen LogP contribution is -2.41. The molecule has 8 heteroatoms. The van der Waals surface area contributed by atoms with Gasteiger partial charge in [0.25, 0.3) is 0 Å². The highest BCUT2D eigenvalue weighted by Gasteiger charge is 2.26. The normalized spacial score (nSPS) is 12.6. The molecular formula is C23H30N2O5S. The SMILES string of the molecule is C=Cc1ccc(C[C@@H](CCN(CC(C)C)S(=O)(=O)c2ccc(O)cc2)NC(=O)O)cc1. The average molecular weight is 447 g/mol. The van der Waals surface area contributed by atoms with Crippen LogP contribution in [0.5, 0.6) is 5.75 Å². The molecule has 0 fully saturated rings. The number of phenolic OH excluding ortho intramolecular Hbond substituents is 1. The van der Waals surface area contributed by atoms with E-state index in [0.29, 0.717) is 19.4 Å². The summed E-state index contributed by atoms with van der Waals surface area (Å²) in [5.74, 6) is 0.0757. The summed E-state index contributed by atoms with van der Waals surface area (Å²) in [6.07, 6.45) is 1.34. The minimum Gasteiger partial charge on any atom is -0.508 e. The highest BCUT2D eigenvalue weighted by molar-refractivity contribution is 7.89. The summed E-state index contributed by atoms with van der Waals surface area (Å²) in [4.78, 5) is 11.4. The maximum absolute atomic E-state index is 13.1. The van der Waals surface area contributed by atoms with Crippen LogP contribution < -0.4 is 5.32 Å². The number of nitrogens with one attached hydrogen (secondary N) is 1. The lowest BCUT2D eigenvalue weighted by molar-refractivity contribution is 0.188. The first-order valence-corrected chi connectivity index (χ1v) is 11.6. The van der Waals surface area contributed by atoms with Gasteiger partial charge in [-0.1, -0.05) is 50.8 Å². The van der Waals surface area contributed by atoms with Gasteiger partial charge in [0.2, 0.25) is 10.0 Å². The van der Waals surface area contributed by atoms with Crippen molar-refractivity contribution >= 4 is 22.2 Å². The topological polar surface area (TPSA) is 107 Å². The highest BCUT2D eigenvalue weighted by Crippen LogP contribution is 2.21. The summed E-state index contributed by atoms with van der Waals surface area (Å²) in [6.45, 7) is 8.03. The van der Waals surface area contributed by atoms with Crippen LogP contribution in [0.4, 0.5) is 4.79 Å². The molecule has 0 aliphatic heterocycles. The van der Waals surface area contributed by atoms with E-state index in [-0.39, 0.29) is 23.1 Å². The van der Waals surface area contributed by atoms with Gasteiger partial charge in [-0.3, -0.25) is 0 Å². The van der Waals surface area contributed by atoms with Crippen LogP contribution in [0.2, 0.25) is 0 Å². The molecule has 0 radical (unpaired) electrons. The quantitative estimate of drug-likeness (QED) is 0.484. The van der Waals surface area contributed by atoms with Crippen molar-refractivity contribution in [3.8, 4) is 5.75 Å². The first-order chi connectivity index (χ1) is 14.6. The number of phenols is 1. The molecule has 0 aliphatic rings. The number of amides is 1. The van der Waals surface area contributed by atoms with Gasteiger partial charge in [0.05, 0.1) is 4.90 Å². The van der Waals surface area contributed by atoms with Gasteiger partial charge in [0, 0.05) is 19.1 Å². The molecule has 1 amide bonds. The first-order valence-electron chi connectivity index (χ1n) is 10.1. The number of carboxylic acid groups (broad SMARTS) is 1. The molecule has 0 unspecified atom stereocenters. The number of carbonyl (C=O) groups is 1. The lowest BCUT2D eigenvalue weighted by atomic mass is 10.0. The highest BCUT2D eigenvalue weighted by atomic mass is 32.2. The van der Waals surface area contributed by atoms with Crippen LogP contribution in [0, 0.1) is 5.92 Å². The molecular weight excluding hydrogens is 416 g/mol. The molecule has 0 spiro atoms. The Labute approximate surface area is 184 Å². The molecule has 31 heavy (non-hydrogen) atoms. The number of benzene rings is 2. The predicted molar refractivity (Wildman–Crippen MR) is 122 cm³/mol. The van der Waals surface area contributed by atoms with Crippen LogP contribution in [0.15, 0.2) is 60.0 Å². The number of hydrogen-bond donors (Lipinski definition) is 3. The van der Waals surface area contributed by atoms with Crippen LogP contribution in [-0.2, 0) is 16.4 Å². The lowest BCUT2D eigenvalue weighted by Gasteiger charge is -2.26. The van der Waals surface area contributed by atoms with Crippen molar-refractivity contribution in [2.75, 3.05) is 13.1 Å². The Hall–Kier alpha value is -2.84. The smallest absolute Gasteiger partial charge is 0.404 e. The predicted octanol–water partition coefficient (Wildman–Crippen LogP) is 3.95. The van der Waals surface area contributed by atoms with Gasteiger partial charge in [-0.25, -0.2) is 13.2 Å². The summed E-state index contributed by atoms with van der Waals surface area (Å²) in [6, 6.07) is 12.6. The van der Waals surface area contributed by atoms with Crippen LogP contribution in [-0.4, -0.2) is 48.2 Å². The van der Waals surface area contributed by atoms with E-state index in [1.807, 2.05) is 38.1 Å². The van der Waals surface area contributed by atoms with Gasteiger partial charge in [0.15, 0.2) is 0 Å². The van der Waals surface area contributed by atoms with E-state index in [1.54, 1.807) is 6.08 Å². The van der Waals surface area contributed by atoms with Gasteiger partial charge in [-0.2, -0.15) is 4.31 Å². The maximum Gasteiger partial charge on any atom is 0.404 e. The van der Waals surface area contributed by atoms with Gasteiger partial charge < -0.3 is 15.5 Å². The van der Waals surface area contributed by atoms with Crippen molar-refractivity contribution < 1.29 is 23.4 Å². The zero-order chi connectivity index (χ0) is 23.0. The van der Waals surface area contributed by atoms with Crippen molar-refractivity contribution in [2.45, 2.75) is 37.6 Å². The minimum atomic E-state index is -3.78. The molecule has 7 nitrogen and oxygen atoms in total. The third-order valence-corrected chi connectivity index (χ3v) is 6.67. The number of sulfonamides is 1. The molecule has 1 atom stereocenters. The van der Waals surface area contributed by atoms with E-state index in [1.165, 1.54) is 28.6 Å². The standard InChI is InChI=1S/C23H30N2O5S/c1-4-18-5-7-19(8-6-18)15-20(24-23(27)28)13-14-25(16-17(2)3)31(29,30)22-11-9-21(26)10-12-22/h4-12,17,20,24,26H,1,13-16H2,2-3H3,(H,27,28)/t20-/m1/s1. The van der Waals surface area contributed by atoms with Crippen LogP contribution in [0.3, 0.4) is 0 Å². The Kier molecular flexibility index (Phi) is 8.65. The fourth-order valence-corrected chi connectivity index (χ4v) is 4.88. The minimum absolute atomic E-state index is 0.0115. The molecule has 2 aromatic rings. The van der Waals surface area contributed by atoms with E-state index in [2.05, 4.69) is 11.9 Å². The van der Waals surface area contributed by atoms with Crippen molar-refractivity contribution in [1.82, 2.24) is 9.62 Å². The molecule has 0 bridgehead atoms. The zero-order valence-corrected chi connectivity index (χ0v) is 18.7. The molecule has 0 aliphatic carbocycles. The molecule has 0 aromatic heterocycles. The third kappa shape index (κ3) is 7.41. The number of rotatable bonds is 11. The second-order valence-corrected chi connectivity index (χ2v) is 9.77. The van der Waals surface area contributed by atoms with Crippen molar-refractivity contribution in [2.24, 2.45) is 5.92 Å². The Bertz CT molecular complexity index is 970. The van der Waals surface area contributed by atoms with Crippen molar-refractivity contribution in [3.63, 3.8) is 0 Å². The number of aromatic hydroxyl groups is 1. The third-order valence-electron chi connectivity index (χ3n) is 4.80. The summed E-state index contributed by atoms with van der Waals surface area (Å²) in [5, 5.41) is 21.2. The van der Waals surface area contributed by atoms with Crippen molar-refractivity contribution in [3.05, 3.63) is 66.2 Å². The maximum atomic E-state index is 13.1. The largest absolute Gasteiger partial charge is 0.508 e. The summed E-state index contributed by atoms with van der Waals surface area (Å²) >= 11 is 0. The van der Waals surface area contributed by atoms with Gasteiger partial charge in [0.1, 0.15) is 5.75 Å². The molecule has 2 rings (SSSR count). The van der Waals surface area contributed by atoms with Crippen LogP contribution >= 0.6 is 0 Å². The van der Waals surface area contributed by atoms with Crippen molar-refractivity contribution in [1.29, 1.82) is 0 Å². The molecule has 168 valence electrons. The van der Waals surface area contributed by atoms with Crippen LogP contribution in [0.1, 0.15) is 31.4 Å². The fourth-order valence-electron chi connectivity index (χ4n) is 3.26. The fraction of sp³-hybridized carbons (Fsp3) is 0.348. The number of nitrogens with zero attached hydrogens (tertiary/aromatic N) is 1. The Morgan fingerprint density at radius 3 is 2.26 bits per heavy atom. The van der Waals surface area contributed by atoms with E-state index in [9.17, 15) is 23.4 Å². The van der Waals surface area contributed by atoms with Gasteiger partial charge in [-0.05, 0) is 54.2 Å². The van der Waals surface area contributed by atoms with Gasteiger partial charge in [-0.15, -0.1) is 0 Å².